The second-order valence-electron chi connectivity index (χ2n) is 7.69. The van der Waals surface area contributed by atoms with Gasteiger partial charge in [0.05, 0.1) is 16.2 Å². The predicted octanol–water partition coefficient (Wildman–Crippen LogP) is 5.81. The van der Waals surface area contributed by atoms with E-state index in [9.17, 15) is 22.8 Å². The first kappa shape index (κ1) is 25.5. The monoisotopic (exact) mass is 528 g/mol. The maximum absolute atomic E-state index is 13.1. The molecule has 1 fully saturated rings. The standard InChI is InChI=1S/C26H19F3N2O3S2/c27-26(28,29)19-7-4-8-20(14-19)31-24(33)22(36-25(31)35)13-17-9-11-21(12-10-17)34-16-23(32)30-15-18-5-2-1-3-6-18/h1-14H,15-16H2,(H,30,32)/b22-13-. The number of anilines is 1. The van der Waals surface area contributed by atoms with Crippen molar-refractivity contribution >= 4 is 51.9 Å². The number of halogens is 3. The van der Waals surface area contributed by atoms with Crippen LogP contribution in [0.4, 0.5) is 18.9 Å². The van der Waals surface area contributed by atoms with E-state index in [0.29, 0.717) is 17.9 Å². The fraction of sp³-hybridized carbons (Fsp3) is 0.115. The number of hydrogen-bond donors (Lipinski definition) is 1. The highest BCUT2D eigenvalue weighted by atomic mass is 32.2. The Morgan fingerprint density at radius 1 is 1.03 bits per heavy atom. The fourth-order valence-corrected chi connectivity index (χ4v) is 4.62. The van der Waals surface area contributed by atoms with Gasteiger partial charge in [-0.3, -0.25) is 14.5 Å². The number of hydrogen-bond acceptors (Lipinski definition) is 5. The Kier molecular flexibility index (Phi) is 7.76. The highest BCUT2D eigenvalue weighted by Crippen LogP contribution is 2.38. The van der Waals surface area contributed by atoms with Gasteiger partial charge in [-0.05, 0) is 47.5 Å². The molecule has 184 valence electrons. The molecule has 1 saturated heterocycles. The maximum atomic E-state index is 13.1. The van der Waals surface area contributed by atoms with Crippen LogP contribution in [0, 0.1) is 0 Å². The average Bonchev–Trinajstić information content (AvgIpc) is 3.14. The van der Waals surface area contributed by atoms with Crippen LogP contribution in [0.1, 0.15) is 16.7 Å². The molecule has 5 nitrogen and oxygen atoms in total. The van der Waals surface area contributed by atoms with Crippen LogP contribution < -0.4 is 15.0 Å². The first-order chi connectivity index (χ1) is 17.2. The maximum Gasteiger partial charge on any atom is 0.416 e. The first-order valence-corrected chi connectivity index (χ1v) is 11.9. The number of nitrogens with zero attached hydrogens (tertiary/aromatic N) is 1. The first-order valence-electron chi connectivity index (χ1n) is 10.7. The fourth-order valence-electron chi connectivity index (χ4n) is 3.32. The number of thioether (sulfide) groups is 1. The lowest BCUT2D eigenvalue weighted by Crippen LogP contribution is -2.28. The number of carbonyl (C=O) groups is 2. The molecular formula is C26H19F3N2O3S2. The van der Waals surface area contributed by atoms with Crippen LogP contribution in [-0.2, 0) is 22.3 Å². The van der Waals surface area contributed by atoms with E-state index in [1.54, 1.807) is 30.3 Å². The van der Waals surface area contributed by atoms with Crippen LogP contribution in [0.15, 0.2) is 83.8 Å². The van der Waals surface area contributed by atoms with Crippen molar-refractivity contribution in [3.63, 3.8) is 0 Å². The van der Waals surface area contributed by atoms with Gasteiger partial charge in [0, 0.05) is 6.54 Å². The molecule has 1 aliphatic heterocycles. The van der Waals surface area contributed by atoms with Gasteiger partial charge in [-0.25, -0.2) is 0 Å². The molecule has 3 aromatic carbocycles. The largest absolute Gasteiger partial charge is 0.484 e. The molecule has 0 spiro atoms. The van der Waals surface area contributed by atoms with E-state index >= 15 is 0 Å². The molecule has 0 aliphatic carbocycles. The summed E-state index contributed by atoms with van der Waals surface area (Å²) in [5.74, 6) is -0.292. The molecule has 36 heavy (non-hydrogen) atoms. The van der Waals surface area contributed by atoms with Crippen LogP contribution in [0.3, 0.4) is 0 Å². The smallest absolute Gasteiger partial charge is 0.416 e. The minimum absolute atomic E-state index is 0.0602. The van der Waals surface area contributed by atoms with E-state index in [-0.39, 0.29) is 27.4 Å². The highest BCUT2D eigenvalue weighted by Gasteiger charge is 2.36. The number of nitrogens with one attached hydrogen (secondary N) is 1. The molecule has 3 aromatic rings. The van der Waals surface area contributed by atoms with Crippen molar-refractivity contribution in [3.05, 3.63) is 100 Å². The van der Waals surface area contributed by atoms with Crippen molar-refractivity contribution in [3.8, 4) is 5.75 Å². The van der Waals surface area contributed by atoms with Crippen molar-refractivity contribution in [2.24, 2.45) is 0 Å². The number of alkyl halides is 3. The zero-order valence-electron chi connectivity index (χ0n) is 18.6. The summed E-state index contributed by atoms with van der Waals surface area (Å²) < 4.78 is 44.9. The zero-order valence-corrected chi connectivity index (χ0v) is 20.3. The van der Waals surface area contributed by atoms with Gasteiger partial charge >= 0.3 is 6.18 Å². The van der Waals surface area contributed by atoms with Crippen LogP contribution in [-0.4, -0.2) is 22.7 Å². The minimum Gasteiger partial charge on any atom is -0.484 e. The van der Waals surface area contributed by atoms with Crippen molar-refractivity contribution in [2.75, 3.05) is 11.5 Å². The summed E-state index contributed by atoms with van der Waals surface area (Å²) in [6.07, 6.45) is -2.93. The Balaban J connectivity index is 1.36. The van der Waals surface area contributed by atoms with Gasteiger partial charge in [-0.2, -0.15) is 13.2 Å². The van der Waals surface area contributed by atoms with Crippen LogP contribution in [0.5, 0.6) is 5.75 Å². The average molecular weight is 529 g/mol. The molecule has 4 rings (SSSR count). The van der Waals surface area contributed by atoms with Gasteiger partial charge < -0.3 is 10.1 Å². The van der Waals surface area contributed by atoms with E-state index in [4.69, 9.17) is 17.0 Å². The third-order valence-corrected chi connectivity index (χ3v) is 6.41. The lowest BCUT2D eigenvalue weighted by atomic mass is 10.1. The molecule has 2 amide bonds. The second-order valence-corrected chi connectivity index (χ2v) is 9.36. The molecule has 10 heteroatoms. The second kappa shape index (κ2) is 11.0. The van der Waals surface area contributed by atoms with Crippen molar-refractivity contribution in [1.82, 2.24) is 5.32 Å². The number of ether oxygens (including phenoxy) is 1. The summed E-state index contributed by atoms with van der Waals surface area (Å²) >= 11 is 6.26. The summed E-state index contributed by atoms with van der Waals surface area (Å²) in [5.41, 5.74) is 0.849. The molecule has 1 N–H and O–H groups in total. The normalized spacial score (nSPS) is 14.9. The van der Waals surface area contributed by atoms with E-state index in [1.165, 1.54) is 12.1 Å². The lowest BCUT2D eigenvalue weighted by Gasteiger charge is -2.16. The summed E-state index contributed by atoms with van der Waals surface area (Å²) in [6.45, 7) is 0.252. The lowest BCUT2D eigenvalue weighted by molar-refractivity contribution is -0.137. The zero-order chi connectivity index (χ0) is 25.7. The van der Waals surface area contributed by atoms with E-state index < -0.39 is 17.6 Å². The van der Waals surface area contributed by atoms with Gasteiger partial charge in [0.15, 0.2) is 10.9 Å². The summed E-state index contributed by atoms with van der Waals surface area (Å²) in [6, 6.07) is 20.7. The van der Waals surface area contributed by atoms with Crippen LogP contribution >= 0.6 is 24.0 Å². The summed E-state index contributed by atoms with van der Waals surface area (Å²) in [4.78, 5) is 26.3. The van der Waals surface area contributed by atoms with Crippen molar-refractivity contribution in [1.29, 1.82) is 0 Å². The van der Waals surface area contributed by atoms with E-state index in [1.807, 2.05) is 30.3 Å². The number of carbonyl (C=O) groups excluding carboxylic acids is 2. The Hall–Kier alpha value is -3.63. The SMILES string of the molecule is O=C(COc1ccc(/C=C2\SC(=S)N(c3cccc(C(F)(F)F)c3)C2=O)cc1)NCc1ccccc1. The molecule has 0 atom stereocenters. The molecule has 0 bridgehead atoms. The van der Waals surface area contributed by atoms with Gasteiger partial charge in [0.2, 0.25) is 0 Å². The van der Waals surface area contributed by atoms with Crippen molar-refractivity contribution < 1.29 is 27.5 Å². The minimum atomic E-state index is -4.53. The number of thiocarbonyl (C=S) groups is 1. The van der Waals surface area contributed by atoms with E-state index in [0.717, 1.165) is 34.4 Å². The third kappa shape index (κ3) is 6.32. The van der Waals surface area contributed by atoms with Gasteiger partial charge in [-0.1, -0.05) is 72.5 Å². The topological polar surface area (TPSA) is 58.6 Å². The van der Waals surface area contributed by atoms with E-state index in [2.05, 4.69) is 5.32 Å². The predicted molar refractivity (Wildman–Crippen MR) is 137 cm³/mol. The van der Waals surface area contributed by atoms with Crippen LogP contribution in [0.25, 0.3) is 6.08 Å². The molecule has 0 unspecified atom stereocenters. The molecule has 0 aromatic heterocycles. The van der Waals surface area contributed by atoms with Crippen molar-refractivity contribution in [2.45, 2.75) is 12.7 Å². The highest BCUT2D eigenvalue weighted by molar-refractivity contribution is 8.27. The molecule has 0 radical (unpaired) electrons. The summed E-state index contributed by atoms with van der Waals surface area (Å²) in [7, 11) is 0. The van der Waals surface area contributed by atoms with Gasteiger partial charge in [0.1, 0.15) is 5.75 Å². The van der Waals surface area contributed by atoms with Crippen LogP contribution in [0.2, 0.25) is 0 Å². The molecule has 1 aliphatic rings. The molecular weight excluding hydrogens is 509 g/mol. The number of benzene rings is 3. The Morgan fingerprint density at radius 3 is 2.44 bits per heavy atom. The Morgan fingerprint density at radius 2 is 1.75 bits per heavy atom. The third-order valence-electron chi connectivity index (χ3n) is 5.11. The number of amides is 2. The molecule has 1 heterocycles. The number of rotatable bonds is 7. The molecule has 0 saturated carbocycles. The quantitative estimate of drug-likeness (QED) is 0.310. The Bertz CT molecular complexity index is 1310. The van der Waals surface area contributed by atoms with Gasteiger partial charge in [-0.15, -0.1) is 0 Å². The van der Waals surface area contributed by atoms with Gasteiger partial charge in [0.25, 0.3) is 11.8 Å². The Labute approximate surface area is 214 Å². The summed E-state index contributed by atoms with van der Waals surface area (Å²) in [5, 5.41) is 2.77.